The van der Waals surface area contributed by atoms with Crippen molar-refractivity contribution in [2.75, 3.05) is 28.4 Å². The lowest BCUT2D eigenvalue weighted by Crippen LogP contribution is -2.27. The summed E-state index contributed by atoms with van der Waals surface area (Å²) in [5.41, 5.74) is 0.513. The number of ether oxygens (including phenoxy) is 4. The lowest BCUT2D eigenvalue weighted by Gasteiger charge is -2.20. The van der Waals surface area contributed by atoms with Gasteiger partial charge in [0.15, 0.2) is 31.3 Å². The van der Waals surface area contributed by atoms with Gasteiger partial charge in [-0.2, -0.15) is 0 Å². The molecule has 2 aliphatic carbocycles. The van der Waals surface area contributed by atoms with Gasteiger partial charge in [0.2, 0.25) is 0 Å². The first-order chi connectivity index (χ1) is 33.0. The maximum Gasteiger partial charge on any atom is 0.259 e. The Morgan fingerprint density at radius 3 is 1.11 bits per heavy atom. The van der Waals surface area contributed by atoms with Crippen LogP contribution in [0.1, 0.15) is 99.2 Å². The molecule has 0 unspecified atom stereocenters. The van der Waals surface area contributed by atoms with Crippen LogP contribution in [0.2, 0.25) is 10.0 Å². The summed E-state index contributed by atoms with van der Waals surface area (Å²) in [5.74, 6) is -8.89. The highest BCUT2D eigenvalue weighted by Crippen LogP contribution is 2.57. The Morgan fingerprint density at radius 1 is 0.571 bits per heavy atom. The number of hydrogen-bond donors (Lipinski definition) is 0. The molecule has 2 fully saturated rings. The van der Waals surface area contributed by atoms with Crippen LogP contribution in [-0.2, 0) is 31.2 Å². The Hall–Kier alpha value is -5.72. The standard InChI is InChI=1S/2C22H24ClF2N5O4S/c2*1-12(20-26-9-14(23)10-27-20)13(2)35(31,32)11-18-28-29-21(15-8-22(15,24)25)30(18)19-16(33-3)6-5-7-17(19)34-4/h2*5-7,9-10,12-13,15H,8,11H2,1-4H3/t12-,13-,15+;12-,13-,15-/m00/s1. The molecule has 0 aliphatic heterocycles. The molecule has 0 saturated heterocycles. The molecule has 0 N–H and O–H groups in total. The molecule has 26 heteroatoms. The predicted octanol–water partition coefficient (Wildman–Crippen LogP) is 7.92. The molecule has 2 aromatic carbocycles. The summed E-state index contributed by atoms with van der Waals surface area (Å²) in [6.07, 6.45) is 4.77. The molecule has 0 amide bonds. The van der Waals surface area contributed by atoms with Gasteiger partial charge >= 0.3 is 0 Å². The van der Waals surface area contributed by atoms with Crippen molar-refractivity contribution >= 4 is 42.9 Å². The van der Waals surface area contributed by atoms with E-state index in [1.54, 1.807) is 50.2 Å². The topological polar surface area (TPSA) is 218 Å². The molecule has 2 saturated carbocycles. The molecule has 6 atom stereocenters. The van der Waals surface area contributed by atoms with E-state index in [1.807, 2.05) is 0 Å². The first kappa shape index (κ1) is 52.1. The summed E-state index contributed by atoms with van der Waals surface area (Å²) in [7, 11) is -2.07. The second kappa shape index (κ2) is 20.2. The average molecular weight is 1060 g/mol. The number of halogens is 6. The van der Waals surface area contributed by atoms with Gasteiger partial charge in [-0.3, -0.25) is 9.13 Å². The first-order valence-electron chi connectivity index (χ1n) is 21.4. The minimum Gasteiger partial charge on any atom is -0.494 e. The van der Waals surface area contributed by atoms with E-state index in [4.69, 9.17) is 42.1 Å². The fourth-order valence-electron chi connectivity index (χ4n) is 7.66. The van der Waals surface area contributed by atoms with E-state index in [0.717, 1.165) is 0 Å². The maximum atomic E-state index is 14.1. The third kappa shape index (κ3) is 10.6. The molecule has 8 rings (SSSR count). The van der Waals surface area contributed by atoms with Gasteiger partial charge in [-0.25, -0.2) is 54.3 Å². The first-order valence-corrected chi connectivity index (χ1v) is 25.6. The lowest BCUT2D eigenvalue weighted by molar-refractivity contribution is 0.110. The molecule has 4 aromatic heterocycles. The van der Waals surface area contributed by atoms with Crippen LogP contribution in [0.3, 0.4) is 0 Å². The van der Waals surface area contributed by atoms with Crippen molar-refractivity contribution in [3.05, 3.63) is 106 Å². The molecule has 4 heterocycles. The van der Waals surface area contributed by atoms with Crippen molar-refractivity contribution < 1.29 is 53.3 Å². The van der Waals surface area contributed by atoms with Gasteiger partial charge in [0.1, 0.15) is 69.2 Å². The average Bonchev–Trinajstić information content (AvgIpc) is 4.00. The number of rotatable bonds is 18. The largest absolute Gasteiger partial charge is 0.494 e. The van der Waals surface area contributed by atoms with Crippen molar-refractivity contribution in [3.8, 4) is 34.4 Å². The Morgan fingerprint density at radius 2 is 0.857 bits per heavy atom. The van der Waals surface area contributed by atoms with Gasteiger partial charge < -0.3 is 18.9 Å². The third-order valence-electron chi connectivity index (χ3n) is 12.3. The summed E-state index contributed by atoms with van der Waals surface area (Å²) >= 11 is 11.7. The molecular formula is C44H48Cl2F4N10O8S2. The number of aromatic nitrogens is 10. The second-order valence-corrected chi connectivity index (χ2v) is 22.4. The zero-order chi connectivity index (χ0) is 51.1. The summed E-state index contributed by atoms with van der Waals surface area (Å²) in [6.45, 7) is 6.46. The van der Waals surface area contributed by atoms with Gasteiger partial charge in [0.05, 0.1) is 60.8 Å². The van der Waals surface area contributed by atoms with E-state index in [-0.39, 0.29) is 34.7 Å². The summed E-state index contributed by atoms with van der Waals surface area (Å²) < 4.78 is 134. The van der Waals surface area contributed by atoms with E-state index >= 15 is 0 Å². The monoisotopic (exact) mass is 1050 g/mol. The van der Waals surface area contributed by atoms with Gasteiger partial charge in [-0.1, -0.05) is 49.2 Å². The third-order valence-corrected chi connectivity index (χ3v) is 17.1. The summed E-state index contributed by atoms with van der Waals surface area (Å²) in [6, 6.07) is 9.81. The van der Waals surface area contributed by atoms with Crippen LogP contribution >= 0.6 is 23.2 Å². The second-order valence-electron chi connectivity index (χ2n) is 16.8. The van der Waals surface area contributed by atoms with Crippen molar-refractivity contribution in [1.29, 1.82) is 0 Å². The fourth-order valence-corrected chi connectivity index (χ4v) is 11.0. The highest BCUT2D eigenvalue weighted by atomic mass is 35.5. The van der Waals surface area contributed by atoms with E-state index < -0.39 is 90.0 Å². The highest BCUT2D eigenvalue weighted by Gasteiger charge is 2.61. The van der Waals surface area contributed by atoms with Crippen LogP contribution in [0.15, 0.2) is 61.2 Å². The number of alkyl halides is 4. The molecular weight excluding hydrogens is 1010 g/mol. The van der Waals surface area contributed by atoms with Crippen LogP contribution in [-0.4, -0.2) is 117 Å². The van der Waals surface area contributed by atoms with Crippen molar-refractivity contribution in [1.82, 2.24) is 49.5 Å². The SMILES string of the molecule is COc1cccc(OC)c1-n1c(CS(=O)(=O)[C@@H](C)[C@H](C)c2ncc(Cl)cn2)nnc1[C@@H]1CC1(F)F.COc1cccc(OC)c1-n1c(CS(=O)(=O)[C@@H](C)[C@H](C)c2ncc(Cl)cn2)nnc1[C@H]1CC1(F)F. The number of benzene rings is 2. The molecule has 70 heavy (non-hydrogen) atoms. The smallest absolute Gasteiger partial charge is 0.259 e. The van der Waals surface area contributed by atoms with Gasteiger partial charge in [-0.05, 0) is 38.1 Å². The van der Waals surface area contributed by atoms with Crippen LogP contribution in [0.25, 0.3) is 11.4 Å². The zero-order valence-electron chi connectivity index (χ0n) is 38.9. The van der Waals surface area contributed by atoms with E-state index in [0.29, 0.717) is 44.7 Å². The van der Waals surface area contributed by atoms with E-state index in [9.17, 15) is 34.4 Å². The van der Waals surface area contributed by atoms with Crippen molar-refractivity contribution in [2.45, 2.75) is 98.1 Å². The Bertz CT molecular complexity index is 2830. The van der Waals surface area contributed by atoms with Gasteiger partial charge in [0.25, 0.3) is 11.8 Å². The number of para-hydroxylation sites is 2. The quantitative estimate of drug-likeness (QED) is 0.0747. The van der Waals surface area contributed by atoms with Crippen LogP contribution < -0.4 is 18.9 Å². The molecule has 2 aliphatic rings. The fraction of sp³-hybridized carbons (Fsp3) is 0.455. The Balaban J connectivity index is 0.000000206. The molecule has 376 valence electrons. The minimum absolute atomic E-state index is 0.0263. The number of sulfone groups is 2. The lowest BCUT2D eigenvalue weighted by atomic mass is 10.1. The van der Waals surface area contributed by atoms with Crippen LogP contribution in [0.5, 0.6) is 23.0 Å². The molecule has 0 bridgehead atoms. The number of methoxy groups -OCH3 is 4. The molecule has 18 nitrogen and oxygen atoms in total. The van der Waals surface area contributed by atoms with Crippen LogP contribution in [0, 0.1) is 0 Å². The van der Waals surface area contributed by atoms with Crippen molar-refractivity contribution in [2.24, 2.45) is 0 Å². The van der Waals surface area contributed by atoms with Gasteiger partial charge in [-0.15, -0.1) is 20.4 Å². The summed E-state index contributed by atoms with van der Waals surface area (Å²) in [4.78, 5) is 16.5. The van der Waals surface area contributed by atoms with Crippen LogP contribution in [0.4, 0.5) is 17.6 Å². The van der Waals surface area contributed by atoms with Crippen molar-refractivity contribution in [3.63, 3.8) is 0 Å². The number of nitrogens with zero attached hydrogens (tertiary/aromatic N) is 10. The van der Waals surface area contributed by atoms with E-state index in [1.165, 1.54) is 76.2 Å². The maximum absolute atomic E-state index is 14.1. The number of hydrogen-bond acceptors (Lipinski definition) is 16. The predicted molar refractivity (Wildman–Crippen MR) is 249 cm³/mol. The summed E-state index contributed by atoms with van der Waals surface area (Å²) in [5, 5.41) is 14.8. The van der Waals surface area contributed by atoms with Gasteiger partial charge in [0, 0.05) is 49.5 Å². The minimum atomic E-state index is -3.87. The normalized spacial score (nSPS) is 18.7. The Kier molecular flexibility index (Phi) is 15.0. The van der Waals surface area contributed by atoms with E-state index in [2.05, 4.69) is 40.3 Å². The highest BCUT2D eigenvalue weighted by molar-refractivity contribution is 7.91. The molecule has 0 spiro atoms. The Labute approximate surface area is 411 Å². The molecule has 0 radical (unpaired) electrons. The zero-order valence-corrected chi connectivity index (χ0v) is 42.0. The molecule has 6 aromatic rings.